The number of benzene rings is 2. The molecular formula is C28H24Cl2N3. The first-order valence-electron chi connectivity index (χ1n) is 11.0. The lowest BCUT2D eigenvalue weighted by Gasteiger charge is -2.30. The van der Waals surface area contributed by atoms with Crippen LogP contribution in [0.5, 0.6) is 0 Å². The highest BCUT2D eigenvalue weighted by atomic mass is 35.5. The standard InChI is InChI=1S/C28H24Cl2N3/c1-18(2)16-33-11-10-19-6-7-20(12-23(19)17-33)22-13-25-21(14-31-28(25)32-15-22)8-9-24-26(29)4-3-5-27(24)30/h3-7,12-15H,10-11,16-17H2,1-2H3,(H,31,32). The molecule has 3 nitrogen and oxygen atoms in total. The summed E-state index contributed by atoms with van der Waals surface area (Å²) in [5.41, 5.74) is 7.43. The molecule has 1 aliphatic heterocycles. The van der Waals surface area contributed by atoms with Gasteiger partial charge in [-0.25, -0.2) is 4.98 Å². The Labute approximate surface area is 204 Å². The van der Waals surface area contributed by atoms with E-state index in [1.807, 2.05) is 18.5 Å². The Bertz CT molecular complexity index is 1370. The summed E-state index contributed by atoms with van der Waals surface area (Å²) in [5, 5.41) is 2.08. The number of halogens is 2. The van der Waals surface area contributed by atoms with Gasteiger partial charge in [0.15, 0.2) is 0 Å². The van der Waals surface area contributed by atoms with E-state index in [0.717, 1.165) is 48.2 Å². The molecule has 1 radical (unpaired) electrons. The number of pyridine rings is 1. The molecule has 0 amide bonds. The minimum absolute atomic E-state index is 0.549. The van der Waals surface area contributed by atoms with Gasteiger partial charge in [0.2, 0.25) is 0 Å². The van der Waals surface area contributed by atoms with E-state index in [1.165, 1.54) is 22.6 Å². The normalized spacial score (nSPS) is 13.7. The van der Waals surface area contributed by atoms with Crippen LogP contribution in [0.15, 0.2) is 54.9 Å². The SMILES string of the molecule is C[C](C)CN1CCc2ccc(-c3cnc4[nH]cc(C#Cc5c(Cl)cccc5Cl)c4c3)cc2C1. The number of hydrogen-bond acceptors (Lipinski definition) is 2. The van der Waals surface area contributed by atoms with Crippen molar-refractivity contribution in [1.82, 2.24) is 14.9 Å². The average molecular weight is 473 g/mol. The van der Waals surface area contributed by atoms with Crippen molar-refractivity contribution in [2.45, 2.75) is 26.8 Å². The number of aromatic amines is 1. The molecule has 1 aliphatic rings. The third-order valence-corrected chi connectivity index (χ3v) is 6.62. The van der Waals surface area contributed by atoms with Crippen LogP contribution in [0.2, 0.25) is 10.0 Å². The maximum Gasteiger partial charge on any atom is 0.138 e. The number of fused-ring (bicyclic) bond motifs is 2. The Morgan fingerprint density at radius 3 is 2.64 bits per heavy atom. The number of hydrogen-bond donors (Lipinski definition) is 1. The van der Waals surface area contributed by atoms with Crippen LogP contribution in [-0.2, 0) is 13.0 Å². The topological polar surface area (TPSA) is 31.9 Å². The van der Waals surface area contributed by atoms with Crippen LogP contribution in [0.4, 0.5) is 0 Å². The molecule has 0 bridgehead atoms. The molecule has 0 saturated carbocycles. The van der Waals surface area contributed by atoms with Crippen LogP contribution in [0, 0.1) is 17.8 Å². The van der Waals surface area contributed by atoms with Gasteiger partial charge in [0.25, 0.3) is 0 Å². The number of aromatic nitrogens is 2. The highest BCUT2D eigenvalue weighted by molar-refractivity contribution is 6.36. The fourth-order valence-corrected chi connectivity index (χ4v) is 4.88. The molecule has 0 unspecified atom stereocenters. The van der Waals surface area contributed by atoms with Crippen molar-refractivity contribution in [3.63, 3.8) is 0 Å². The Morgan fingerprint density at radius 2 is 1.85 bits per heavy atom. The van der Waals surface area contributed by atoms with E-state index in [0.29, 0.717) is 15.6 Å². The van der Waals surface area contributed by atoms with Crippen molar-refractivity contribution in [3.05, 3.63) is 93.1 Å². The molecule has 0 atom stereocenters. The van der Waals surface area contributed by atoms with Gasteiger partial charge in [-0.3, -0.25) is 4.90 Å². The van der Waals surface area contributed by atoms with Gasteiger partial charge in [-0.05, 0) is 53.3 Å². The van der Waals surface area contributed by atoms with E-state index in [4.69, 9.17) is 23.2 Å². The zero-order chi connectivity index (χ0) is 22.9. The molecule has 0 saturated heterocycles. The maximum atomic E-state index is 6.28. The van der Waals surface area contributed by atoms with E-state index in [9.17, 15) is 0 Å². The van der Waals surface area contributed by atoms with Crippen molar-refractivity contribution in [2.75, 3.05) is 13.1 Å². The number of nitrogens with one attached hydrogen (secondary N) is 1. The zero-order valence-electron chi connectivity index (χ0n) is 18.7. The zero-order valence-corrected chi connectivity index (χ0v) is 20.2. The van der Waals surface area contributed by atoms with E-state index in [-0.39, 0.29) is 0 Å². The predicted molar refractivity (Wildman–Crippen MR) is 138 cm³/mol. The minimum Gasteiger partial charge on any atom is -0.345 e. The van der Waals surface area contributed by atoms with Crippen molar-refractivity contribution in [3.8, 4) is 23.0 Å². The van der Waals surface area contributed by atoms with Crippen LogP contribution >= 0.6 is 23.2 Å². The van der Waals surface area contributed by atoms with Crippen molar-refractivity contribution in [2.24, 2.45) is 0 Å². The van der Waals surface area contributed by atoms with Crippen LogP contribution < -0.4 is 0 Å². The Hall–Kier alpha value is -2.77. The van der Waals surface area contributed by atoms with Gasteiger partial charge in [0, 0.05) is 43.0 Å². The highest BCUT2D eigenvalue weighted by Crippen LogP contribution is 2.29. The van der Waals surface area contributed by atoms with Gasteiger partial charge in [0.1, 0.15) is 5.65 Å². The predicted octanol–water partition coefficient (Wildman–Crippen LogP) is 6.91. The molecule has 2 aromatic carbocycles. The Morgan fingerprint density at radius 1 is 1.03 bits per heavy atom. The van der Waals surface area contributed by atoms with Gasteiger partial charge in [-0.15, -0.1) is 0 Å². The highest BCUT2D eigenvalue weighted by Gasteiger charge is 2.18. The lowest BCUT2D eigenvalue weighted by molar-refractivity contribution is 0.264. The van der Waals surface area contributed by atoms with E-state index in [1.54, 1.807) is 12.1 Å². The fraction of sp³-hybridized carbons (Fsp3) is 0.214. The summed E-state index contributed by atoms with van der Waals surface area (Å²) in [6.45, 7) is 7.56. The second-order valence-electron chi connectivity index (χ2n) is 8.82. The number of nitrogens with zero attached hydrogens (tertiary/aromatic N) is 2. The molecule has 5 rings (SSSR count). The second-order valence-corrected chi connectivity index (χ2v) is 9.63. The van der Waals surface area contributed by atoms with Crippen LogP contribution in [-0.4, -0.2) is 28.0 Å². The average Bonchev–Trinajstić information content (AvgIpc) is 3.20. The molecule has 0 aliphatic carbocycles. The lowest BCUT2D eigenvalue weighted by atomic mass is 9.94. The summed E-state index contributed by atoms with van der Waals surface area (Å²) >= 11 is 12.6. The summed E-state index contributed by atoms with van der Waals surface area (Å²) in [6.07, 6.45) is 4.91. The van der Waals surface area contributed by atoms with Gasteiger partial charge >= 0.3 is 0 Å². The van der Waals surface area contributed by atoms with Gasteiger partial charge in [0.05, 0.1) is 21.2 Å². The van der Waals surface area contributed by atoms with E-state index >= 15 is 0 Å². The monoisotopic (exact) mass is 472 g/mol. The molecule has 5 heteroatoms. The third kappa shape index (κ3) is 4.66. The van der Waals surface area contributed by atoms with Gasteiger partial charge in [-0.2, -0.15) is 0 Å². The molecule has 1 N–H and O–H groups in total. The quantitative estimate of drug-likeness (QED) is 0.328. The first-order chi connectivity index (χ1) is 16.0. The molecule has 0 fully saturated rings. The molecule has 3 heterocycles. The van der Waals surface area contributed by atoms with E-state index in [2.05, 4.69) is 64.8 Å². The minimum atomic E-state index is 0.549. The van der Waals surface area contributed by atoms with Gasteiger partial charge in [-0.1, -0.05) is 67.1 Å². The first-order valence-corrected chi connectivity index (χ1v) is 11.8. The molecule has 4 aromatic rings. The smallest absolute Gasteiger partial charge is 0.138 e. The summed E-state index contributed by atoms with van der Waals surface area (Å²) in [7, 11) is 0. The second kappa shape index (κ2) is 9.23. The van der Waals surface area contributed by atoms with Crippen LogP contribution in [0.1, 0.15) is 36.1 Å². The summed E-state index contributed by atoms with van der Waals surface area (Å²) in [5.74, 6) is 7.79. The Kier molecular flexibility index (Phi) is 6.17. The maximum absolute atomic E-state index is 6.28. The molecule has 165 valence electrons. The molecular weight excluding hydrogens is 449 g/mol. The summed E-state index contributed by atoms with van der Waals surface area (Å²) in [6, 6.07) is 14.4. The van der Waals surface area contributed by atoms with Crippen LogP contribution in [0.3, 0.4) is 0 Å². The number of rotatable bonds is 3. The summed E-state index contributed by atoms with van der Waals surface area (Å²) < 4.78 is 0. The van der Waals surface area contributed by atoms with Gasteiger partial charge < -0.3 is 4.98 Å². The van der Waals surface area contributed by atoms with Crippen molar-refractivity contribution in [1.29, 1.82) is 0 Å². The lowest BCUT2D eigenvalue weighted by Crippen LogP contribution is -2.32. The first kappa shape index (κ1) is 22.0. The van der Waals surface area contributed by atoms with E-state index < -0.39 is 0 Å². The number of H-pyrrole nitrogens is 1. The van der Waals surface area contributed by atoms with Crippen molar-refractivity contribution >= 4 is 34.2 Å². The Balaban J connectivity index is 1.48. The van der Waals surface area contributed by atoms with Crippen LogP contribution in [0.25, 0.3) is 22.2 Å². The van der Waals surface area contributed by atoms with Crippen molar-refractivity contribution < 1.29 is 0 Å². The summed E-state index contributed by atoms with van der Waals surface area (Å²) in [4.78, 5) is 10.4. The molecule has 0 spiro atoms. The fourth-order valence-electron chi connectivity index (χ4n) is 4.39. The third-order valence-electron chi connectivity index (χ3n) is 5.99. The largest absolute Gasteiger partial charge is 0.345 e. The molecule has 2 aromatic heterocycles. The molecule has 33 heavy (non-hydrogen) atoms.